The van der Waals surface area contributed by atoms with Crippen LogP contribution in [0.25, 0.3) is 10.9 Å². The molecule has 0 bridgehead atoms. The Kier molecular flexibility index (Phi) is 0.917. The van der Waals surface area contributed by atoms with Crippen molar-refractivity contribution in [2.24, 2.45) is 0 Å². The zero-order valence-electron chi connectivity index (χ0n) is 5.33. The predicted molar refractivity (Wildman–Crippen MR) is 40.5 cm³/mol. The van der Waals surface area contributed by atoms with Gasteiger partial charge in [-0.05, 0) is 6.07 Å². The first kappa shape index (κ1) is 5.29. The summed E-state index contributed by atoms with van der Waals surface area (Å²) in [5.74, 6) is 0.551. The second kappa shape index (κ2) is 1.73. The van der Waals surface area contributed by atoms with Gasteiger partial charge in [-0.15, -0.1) is 0 Å². The quantitative estimate of drug-likeness (QED) is 0.566. The number of anilines is 1. The molecule has 0 aliphatic carbocycles. The van der Waals surface area contributed by atoms with Crippen LogP contribution in [0.5, 0.6) is 0 Å². The third kappa shape index (κ3) is 0.639. The van der Waals surface area contributed by atoms with Gasteiger partial charge in [-0.2, -0.15) is 0 Å². The Balaban J connectivity index is 2.86. The van der Waals surface area contributed by atoms with E-state index in [2.05, 4.69) is 9.97 Å². The van der Waals surface area contributed by atoms with Gasteiger partial charge < -0.3 is 10.7 Å². The highest BCUT2D eigenvalue weighted by Crippen LogP contribution is 2.11. The summed E-state index contributed by atoms with van der Waals surface area (Å²) in [5.41, 5.74) is 6.49. The zero-order valence-corrected chi connectivity index (χ0v) is 5.33. The molecule has 10 heavy (non-hydrogen) atoms. The normalized spacial score (nSPS) is 10.4. The molecular weight excluding hydrogens is 126 g/mol. The topological polar surface area (TPSA) is 54.7 Å². The van der Waals surface area contributed by atoms with Crippen molar-refractivity contribution in [2.45, 2.75) is 0 Å². The average Bonchev–Trinajstić information content (AvgIpc) is 2.33. The maximum Gasteiger partial charge on any atom is 0.125 e. The Bertz CT molecular complexity index is 350. The van der Waals surface area contributed by atoms with E-state index in [1.54, 1.807) is 6.20 Å². The second-order valence-corrected chi connectivity index (χ2v) is 2.17. The molecule has 0 aliphatic rings. The summed E-state index contributed by atoms with van der Waals surface area (Å²) in [7, 11) is 0. The van der Waals surface area contributed by atoms with E-state index in [1.807, 2.05) is 18.3 Å². The Morgan fingerprint density at radius 2 is 2.40 bits per heavy atom. The molecule has 0 saturated carbocycles. The predicted octanol–water partition coefficient (Wildman–Crippen LogP) is 1.15. The van der Waals surface area contributed by atoms with Gasteiger partial charge in [0.05, 0.1) is 5.52 Å². The number of rotatable bonds is 0. The standard InChI is InChI=1S/C7H7N3/c8-7-3-6-5(4-10-7)1-2-9-6/h1-4,9H,(H2,8,10). The Morgan fingerprint density at radius 3 is 3.30 bits per heavy atom. The summed E-state index contributed by atoms with van der Waals surface area (Å²) in [6, 6.07) is 3.77. The number of aromatic amines is 1. The first-order valence-electron chi connectivity index (χ1n) is 3.05. The summed E-state index contributed by atoms with van der Waals surface area (Å²) in [5, 5.41) is 1.09. The Labute approximate surface area is 57.9 Å². The highest BCUT2D eigenvalue weighted by Gasteiger charge is 1.92. The van der Waals surface area contributed by atoms with Crippen molar-refractivity contribution in [2.75, 3.05) is 5.73 Å². The number of nitrogens with two attached hydrogens (primary N) is 1. The minimum Gasteiger partial charge on any atom is -0.384 e. The molecule has 0 aliphatic heterocycles. The van der Waals surface area contributed by atoms with Crippen LogP contribution in [-0.4, -0.2) is 9.97 Å². The van der Waals surface area contributed by atoms with Crippen molar-refractivity contribution < 1.29 is 0 Å². The van der Waals surface area contributed by atoms with Crippen LogP contribution in [0.2, 0.25) is 0 Å². The number of nitrogens with zero attached hydrogens (tertiary/aromatic N) is 1. The molecule has 0 radical (unpaired) electrons. The lowest BCUT2D eigenvalue weighted by molar-refractivity contribution is 1.36. The molecule has 50 valence electrons. The van der Waals surface area contributed by atoms with Crippen LogP contribution in [0.1, 0.15) is 0 Å². The lowest BCUT2D eigenvalue weighted by Crippen LogP contribution is -1.87. The summed E-state index contributed by atoms with van der Waals surface area (Å²) in [6.07, 6.45) is 3.62. The van der Waals surface area contributed by atoms with Gasteiger partial charge in [-0.3, -0.25) is 0 Å². The molecule has 0 spiro atoms. The first-order valence-corrected chi connectivity index (χ1v) is 3.05. The molecular formula is C7H7N3. The van der Waals surface area contributed by atoms with Crippen LogP contribution in [0.4, 0.5) is 5.82 Å². The van der Waals surface area contributed by atoms with Crippen molar-refractivity contribution in [1.82, 2.24) is 9.97 Å². The van der Waals surface area contributed by atoms with Crippen molar-refractivity contribution >= 4 is 16.7 Å². The van der Waals surface area contributed by atoms with E-state index in [0.29, 0.717) is 5.82 Å². The number of pyridine rings is 1. The minimum absolute atomic E-state index is 0.551. The van der Waals surface area contributed by atoms with Gasteiger partial charge in [0, 0.05) is 23.8 Å². The van der Waals surface area contributed by atoms with Gasteiger partial charge in [0.2, 0.25) is 0 Å². The fourth-order valence-electron chi connectivity index (χ4n) is 0.961. The van der Waals surface area contributed by atoms with Crippen LogP contribution in [-0.2, 0) is 0 Å². The first-order chi connectivity index (χ1) is 4.86. The van der Waals surface area contributed by atoms with Crippen LogP contribution >= 0.6 is 0 Å². The van der Waals surface area contributed by atoms with Crippen LogP contribution in [0, 0.1) is 0 Å². The lowest BCUT2D eigenvalue weighted by Gasteiger charge is -1.90. The van der Waals surface area contributed by atoms with Gasteiger partial charge in [0.15, 0.2) is 0 Å². The third-order valence-electron chi connectivity index (χ3n) is 1.46. The summed E-state index contributed by atoms with van der Waals surface area (Å²) >= 11 is 0. The molecule has 0 saturated heterocycles. The van der Waals surface area contributed by atoms with Crippen molar-refractivity contribution in [3.8, 4) is 0 Å². The monoisotopic (exact) mass is 133 g/mol. The number of hydrogen-bond donors (Lipinski definition) is 2. The average molecular weight is 133 g/mol. The number of hydrogen-bond acceptors (Lipinski definition) is 2. The highest BCUT2D eigenvalue weighted by atomic mass is 14.8. The minimum atomic E-state index is 0.551. The molecule has 0 unspecified atom stereocenters. The maximum atomic E-state index is 5.45. The summed E-state index contributed by atoms with van der Waals surface area (Å²) in [4.78, 5) is 6.98. The van der Waals surface area contributed by atoms with E-state index in [-0.39, 0.29) is 0 Å². The smallest absolute Gasteiger partial charge is 0.125 e. The number of nitrogen functional groups attached to an aromatic ring is 1. The molecule has 2 heterocycles. The van der Waals surface area contributed by atoms with Crippen molar-refractivity contribution in [3.05, 3.63) is 24.5 Å². The summed E-state index contributed by atoms with van der Waals surface area (Å²) < 4.78 is 0. The van der Waals surface area contributed by atoms with E-state index in [9.17, 15) is 0 Å². The van der Waals surface area contributed by atoms with E-state index in [4.69, 9.17) is 5.73 Å². The molecule has 2 rings (SSSR count). The van der Waals surface area contributed by atoms with E-state index < -0.39 is 0 Å². The number of H-pyrrole nitrogens is 1. The maximum absolute atomic E-state index is 5.45. The van der Waals surface area contributed by atoms with E-state index in [0.717, 1.165) is 10.9 Å². The molecule has 0 amide bonds. The Hall–Kier alpha value is -1.51. The van der Waals surface area contributed by atoms with Crippen molar-refractivity contribution in [3.63, 3.8) is 0 Å². The van der Waals surface area contributed by atoms with Gasteiger partial charge in [-0.25, -0.2) is 4.98 Å². The Morgan fingerprint density at radius 1 is 1.50 bits per heavy atom. The van der Waals surface area contributed by atoms with Crippen LogP contribution < -0.4 is 5.73 Å². The molecule has 0 aromatic carbocycles. The second-order valence-electron chi connectivity index (χ2n) is 2.17. The molecule has 3 heteroatoms. The number of nitrogens with one attached hydrogen (secondary N) is 1. The fourth-order valence-corrected chi connectivity index (χ4v) is 0.961. The van der Waals surface area contributed by atoms with Gasteiger partial charge in [0.1, 0.15) is 5.82 Å². The molecule has 0 atom stereocenters. The van der Waals surface area contributed by atoms with Gasteiger partial charge in [0.25, 0.3) is 0 Å². The zero-order chi connectivity index (χ0) is 6.97. The highest BCUT2D eigenvalue weighted by molar-refractivity contribution is 5.80. The van der Waals surface area contributed by atoms with Gasteiger partial charge >= 0.3 is 0 Å². The SMILES string of the molecule is Nc1cc2[nH]ccc2cn1. The van der Waals surface area contributed by atoms with E-state index in [1.165, 1.54) is 0 Å². The van der Waals surface area contributed by atoms with Gasteiger partial charge in [-0.1, -0.05) is 0 Å². The lowest BCUT2D eigenvalue weighted by atomic mass is 10.3. The molecule has 2 aromatic heterocycles. The van der Waals surface area contributed by atoms with E-state index >= 15 is 0 Å². The largest absolute Gasteiger partial charge is 0.384 e. The van der Waals surface area contributed by atoms with Crippen LogP contribution in [0.15, 0.2) is 24.5 Å². The molecule has 3 nitrogen and oxygen atoms in total. The molecule has 3 N–H and O–H groups in total. The fraction of sp³-hybridized carbons (Fsp3) is 0. The van der Waals surface area contributed by atoms with Crippen molar-refractivity contribution in [1.29, 1.82) is 0 Å². The molecule has 0 fully saturated rings. The third-order valence-corrected chi connectivity index (χ3v) is 1.46. The number of fused-ring (bicyclic) bond motifs is 1. The molecule has 2 aromatic rings. The number of aromatic nitrogens is 2. The van der Waals surface area contributed by atoms with Crippen LogP contribution in [0.3, 0.4) is 0 Å². The summed E-state index contributed by atoms with van der Waals surface area (Å²) in [6.45, 7) is 0.